The number of hydrogen-bond donors (Lipinski definition) is 2. The maximum atomic E-state index is 8.78. The average molecular weight is 288 g/mol. The predicted molar refractivity (Wildman–Crippen MR) is 68.7 cm³/mol. The van der Waals surface area contributed by atoms with Crippen LogP contribution >= 0.6 is 15.9 Å². The number of ether oxygens (including phenoxy) is 1. The van der Waals surface area contributed by atoms with Gasteiger partial charge >= 0.3 is 0 Å². The Morgan fingerprint density at radius 2 is 2.25 bits per heavy atom. The summed E-state index contributed by atoms with van der Waals surface area (Å²) in [4.78, 5) is 0. The molecule has 0 fully saturated rings. The van der Waals surface area contributed by atoms with Gasteiger partial charge in [-0.15, -0.1) is 0 Å². The summed E-state index contributed by atoms with van der Waals surface area (Å²) in [7, 11) is 1.65. The number of rotatable bonds is 6. The van der Waals surface area contributed by atoms with E-state index >= 15 is 0 Å². The summed E-state index contributed by atoms with van der Waals surface area (Å²) in [5.41, 5.74) is 1.19. The van der Waals surface area contributed by atoms with Gasteiger partial charge in [0, 0.05) is 19.2 Å². The maximum absolute atomic E-state index is 8.78. The second-order valence-corrected chi connectivity index (χ2v) is 4.62. The van der Waals surface area contributed by atoms with E-state index in [2.05, 4.69) is 28.2 Å². The summed E-state index contributed by atoms with van der Waals surface area (Å²) in [5.74, 6) is 0.840. The number of methoxy groups -OCH3 is 1. The maximum Gasteiger partial charge on any atom is 0.133 e. The molecular weight excluding hydrogens is 270 g/mol. The molecule has 0 spiro atoms. The summed E-state index contributed by atoms with van der Waals surface area (Å²) in [6.07, 6.45) is 0.775. The van der Waals surface area contributed by atoms with Crippen LogP contribution in [0.1, 0.15) is 18.9 Å². The van der Waals surface area contributed by atoms with Crippen molar-refractivity contribution in [3.05, 3.63) is 28.2 Å². The summed E-state index contributed by atoms with van der Waals surface area (Å²) in [6.45, 7) is 3.08. The first-order chi connectivity index (χ1) is 7.67. The van der Waals surface area contributed by atoms with Gasteiger partial charge in [0.1, 0.15) is 5.75 Å². The number of aliphatic hydroxyl groups is 1. The molecule has 16 heavy (non-hydrogen) atoms. The highest BCUT2D eigenvalue weighted by Crippen LogP contribution is 2.25. The molecule has 1 atom stereocenters. The third-order valence-electron chi connectivity index (χ3n) is 2.43. The first-order valence-corrected chi connectivity index (χ1v) is 6.13. The van der Waals surface area contributed by atoms with E-state index in [1.54, 1.807) is 7.11 Å². The van der Waals surface area contributed by atoms with Crippen molar-refractivity contribution in [2.75, 3.05) is 13.7 Å². The molecule has 0 amide bonds. The number of benzene rings is 1. The van der Waals surface area contributed by atoms with Crippen molar-refractivity contribution in [1.29, 1.82) is 0 Å². The van der Waals surface area contributed by atoms with Crippen molar-refractivity contribution >= 4 is 15.9 Å². The second kappa shape index (κ2) is 6.89. The third-order valence-corrected chi connectivity index (χ3v) is 3.05. The lowest BCUT2D eigenvalue weighted by Crippen LogP contribution is -2.26. The average Bonchev–Trinajstić information content (AvgIpc) is 2.27. The van der Waals surface area contributed by atoms with Gasteiger partial charge in [0.2, 0.25) is 0 Å². The molecule has 0 aromatic heterocycles. The zero-order valence-corrected chi connectivity index (χ0v) is 11.3. The molecule has 1 aromatic carbocycles. The minimum Gasteiger partial charge on any atom is -0.496 e. The summed E-state index contributed by atoms with van der Waals surface area (Å²) >= 11 is 3.45. The predicted octanol–water partition coefficient (Wildman–Crippen LogP) is 2.32. The van der Waals surface area contributed by atoms with E-state index in [0.717, 1.165) is 23.2 Å². The van der Waals surface area contributed by atoms with Crippen LogP contribution < -0.4 is 10.1 Å². The van der Waals surface area contributed by atoms with Gasteiger partial charge in [0.15, 0.2) is 0 Å². The number of hydrogen-bond acceptors (Lipinski definition) is 3. The molecule has 1 rings (SSSR count). The van der Waals surface area contributed by atoms with E-state index in [1.807, 2.05) is 18.2 Å². The Labute approximate surface area is 105 Å². The number of halogens is 1. The third kappa shape index (κ3) is 4.12. The van der Waals surface area contributed by atoms with E-state index in [4.69, 9.17) is 9.84 Å². The Kier molecular flexibility index (Phi) is 5.80. The molecule has 3 nitrogen and oxygen atoms in total. The van der Waals surface area contributed by atoms with Gasteiger partial charge in [0.25, 0.3) is 0 Å². The normalized spacial score (nSPS) is 12.5. The van der Waals surface area contributed by atoms with Crippen molar-refractivity contribution in [2.45, 2.75) is 25.9 Å². The Bertz CT molecular complexity index is 331. The van der Waals surface area contributed by atoms with Crippen LogP contribution in [0.15, 0.2) is 22.7 Å². The fraction of sp³-hybridized carbons (Fsp3) is 0.500. The lowest BCUT2D eigenvalue weighted by molar-refractivity contribution is 0.268. The molecule has 0 saturated heterocycles. The standard InChI is InChI=1S/C12H18BrNO2/c1-9(5-6-15)14-8-10-3-4-12(16-2)11(13)7-10/h3-4,7,9,14-15H,5-6,8H2,1-2H3/t9-/m1/s1. The largest absolute Gasteiger partial charge is 0.496 e. The first kappa shape index (κ1) is 13.5. The van der Waals surface area contributed by atoms with Gasteiger partial charge < -0.3 is 15.2 Å². The van der Waals surface area contributed by atoms with Crippen molar-refractivity contribution in [2.24, 2.45) is 0 Å². The number of nitrogens with one attached hydrogen (secondary N) is 1. The molecule has 0 aliphatic carbocycles. The lowest BCUT2D eigenvalue weighted by Gasteiger charge is -2.13. The Balaban J connectivity index is 2.51. The smallest absolute Gasteiger partial charge is 0.133 e. The molecule has 0 saturated carbocycles. The molecule has 0 unspecified atom stereocenters. The van der Waals surface area contributed by atoms with Crippen LogP contribution in [0.4, 0.5) is 0 Å². The Morgan fingerprint density at radius 3 is 2.81 bits per heavy atom. The molecule has 0 radical (unpaired) electrons. The monoisotopic (exact) mass is 287 g/mol. The van der Waals surface area contributed by atoms with Crippen LogP contribution in [0.2, 0.25) is 0 Å². The fourth-order valence-electron chi connectivity index (χ4n) is 1.41. The van der Waals surface area contributed by atoms with Crippen LogP contribution in [0.5, 0.6) is 5.75 Å². The first-order valence-electron chi connectivity index (χ1n) is 5.34. The SMILES string of the molecule is COc1ccc(CN[C@H](C)CCO)cc1Br. The van der Waals surface area contributed by atoms with E-state index in [1.165, 1.54) is 5.56 Å². The minimum absolute atomic E-state index is 0.223. The van der Waals surface area contributed by atoms with Gasteiger partial charge in [0.05, 0.1) is 11.6 Å². The molecule has 2 N–H and O–H groups in total. The van der Waals surface area contributed by atoms with Gasteiger partial charge in [-0.05, 0) is 47.0 Å². The highest BCUT2D eigenvalue weighted by molar-refractivity contribution is 9.10. The van der Waals surface area contributed by atoms with Crippen molar-refractivity contribution < 1.29 is 9.84 Å². The topological polar surface area (TPSA) is 41.5 Å². The molecule has 0 aliphatic rings. The highest BCUT2D eigenvalue weighted by atomic mass is 79.9. The molecule has 0 heterocycles. The summed E-state index contributed by atoms with van der Waals surface area (Å²) < 4.78 is 6.13. The van der Waals surface area contributed by atoms with Gasteiger partial charge in [-0.3, -0.25) is 0 Å². The van der Waals surface area contributed by atoms with Crippen LogP contribution in [0.3, 0.4) is 0 Å². The zero-order valence-electron chi connectivity index (χ0n) is 9.66. The van der Waals surface area contributed by atoms with E-state index in [0.29, 0.717) is 6.04 Å². The Hall–Kier alpha value is -0.580. The minimum atomic E-state index is 0.223. The van der Waals surface area contributed by atoms with E-state index < -0.39 is 0 Å². The molecular formula is C12H18BrNO2. The molecule has 0 bridgehead atoms. The van der Waals surface area contributed by atoms with Crippen molar-refractivity contribution in [3.63, 3.8) is 0 Å². The molecule has 1 aromatic rings. The summed E-state index contributed by atoms with van der Waals surface area (Å²) in [5, 5.41) is 12.1. The quantitative estimate of drug-likeness (QED) is 0.844. The Morgan fingerprint density at radius 1 is 1.50 bits per heavy atom. The van der Waals surface area contributed by atoms with Crippen LogP contribution in [-0.4, -0.2) is 24.9 Å². The summed E-state index contributed by atoms with van der Waals surface area (Å²) in [6, 6.07) is 6.34. The van der Waals surface area contributed by atoms with Gasteiger partial charge in [-0.1, -0.05) is 6.07 Å². The van der Waals surface area contributed by atoms with Crippen LogP contribution in [-0.2, 0) is 6.54 Å². The second-order valence-electron chi connectivity index (χ2n) is 3.76. The van der Waals surface area contributed by atoms with E-state index in [-0.39, 0.29) is 6.61 Å². The van der Waals surface area contributed by atoms with Crippen LogP contribution in [0.25, 0.3) is 0 Å². The van der Waals surface area contributed by atoms with Gasteiger partial charge in [-0.2, -0.15) is 0 Å². The molecule has 90 valence electrons. The molecule has 0 aliphatic heterocycles. The van der Waals surface area contributed by atoms with Gasteiger partial charge in [-0.25, -0.2) is 0 Å². The molecule has 4 heteroatoms. The van der Waals surface area contributed by atoms with Crippen LogP contribution in [0, 0.1) is 0 Å². The lowest BCUT2D eigenvalue weighted by atomic mass is 10.2. The van der Waals surface area contributed by atoms with Crippen molar-refractivity contribution in [1.82, 2.24) is 5.32 Å². The van der Waals surface area contributed by atoms with E-state index in [9.17, 15) is 0 Å². The zero-order chi connectivity index (χ0) is 12.0. The van der Waals surface area contributed by atoms with Crippen molar-refractivity contribution in [3.8, 4) is 5.75 Å². The fourth-order valence-corrected chi connectivity index (χ4v) is 2.00. The highest BCUT2D eigenvalue weighted by Gasteiger charge is 2.03. The number of aliphatic hydroxyl groups excluding tert-OH is 1.